The third-order valence-electron chi connectivity index (χ3n) is 1.95. The quantitative estimate of drug-likeness (QED) is 0.655. The van der Waals surface area contributed by atoms with Crippen LogP contribution in [0.15, 0.2) is 30.1 Å². The van der Waals surface area contributed by atoms with E-state index in [9.17, 15) is 17.6 Å². The van der Waals surface area contributed by atoms with Crippen LogP contribution in [0.3, 0.4) is 0 Å². The molecule has 0 aromatic heterocycles. The molecule has 1 aromatic rings. The first-order chi connectivity index (χ1) is 6.93. The van der Waals surface area contributed by atoms with Crippen LogP contribution in [-0.4, -0.2) is 6.18 Å². The largest absolute Gasteiger partial charge is 0.442 e. The maximum absolute atomic E-state index is 12.5. The Kier molecular flexibility index (Phi) is 3.50. The zero-order valence-corrected chi connectivity index (χ0v) is 8.11. The third-order valence-corrected chi connectivity index (χ3v) is 1.95. The Morgan fingerprint density at radius 3 is 2.13 bits per heavy atom. The second-order valence-electron chi connectivity index (χ2n) is 3.09. The summed E-state index contributed by atoms with van der Waals surface area (Å²) in [5.41, 5.74) is 1.21. The van der Waals surface area contributed by atoms with Gasteiger partial charge in [0.05, 0.1) is 0 Å². The number of halogens is 4. The van der Waals surface area contributed by atoms with Crippen molar-refractivity contribution in [1.82, 2.24) is 0 Å². The van der Waals surface area contributed by atoms with E-state index in [-0.39, 0.29) is 5.56 Å². The van der Waals surface area contributed by atoms with Crippen LogP contribution < -0.4 is 0 Å². The summed E-state index contributed by atoms with van der Waals surface area (Å²) in [7, 11) is 0. The zero-order valence-electron chi connectivity index (χ0n) is 8.11. The predicted octanol–water partition coefficient (Wildman–Crippen LogP) is 4.12. The van der Waals surface area contributed by atoms with Gasteiger partial charge in [-0.25, -0.2) is 4.39 Å². The van der Waals surface area contributed by atoms with Crippen LogP contribution in [0.5, 0.6) is 0 Å². The van der Waals surface area contributed by atoms with Crippen LogP contribution >= 0.6 is 0 Å². The molecule has 0 fully saturated rings. The van der Waals surface area contributed by atoms with E-state index in [1.165, 1.54) is 12.1 Å². The molecule has 0 aliphatic heterocycles. The van der Waals surface area contributed by atoms with Gasteiger partial charge in [0.2, 0.25) is 5.83 Å². The Balaban J connectivity index is 2.89. The first-order valence-corrected chi connectivity index (χ1v) is 4.47. The molecule has 0 unspecified atom stereocenters. The van der Waals surface area contributed by atoms with Crippen molar-refractivity contribution in [2.75, 3.05) is 0 Å². The average molecular weight is 218 g/mol. The molecule has 1 aromatic carbocycles. The number of benzene rings is 1. The number of allylic oxidation sites excluding steroid dienone is 1. The fourth-order valence-electron chi connectivity index (χ4n) is 1.08. The van der Waals surface area contributed by atoms with E-state index < -0.39 is 12.0 Å². The van der Waals surface area contributed by atoms with Gasteiger partial charge in [0.1, 0.15) is 0 Å². The predicted molar refractivity (Wildman–Crippen MR) is 51.0 cm³/mol. The van der Waals surface area contributed by atoms with Crippen LogP contribution in [0, 0.1) is 0 Å². The summed E-state index contributed by atoms with van der Waals surface area (Å²) in [6, 6.07) is 6.28. The van der Waals surface area contributed by atoms with Crippen LogP contribution in [0.25, 0.3) is 6.08 Å². The molecule has 0 atom stereocenters. The molecular formula is C11H10F4. The number of alkyl halides is 3. The van der Waals surface area contributed by atoms with Gasteiger partial charge in [0.25, 0.3) is 0 Å². The van der Waals surface area contributed by atoms with E-state index >= 15 is 0 Å². The van der Waals surface area contributed by atoms with Crippen molar-refractivity contribution in [1.29, 1.82) is 0 Å². The van der Waals surface area contributed by atoms with Gasteiger partial charge in [-0.05, 0) is 23.6 Å². The highest BCUT2D eigenvalue weighted by Crippen LogP contribution is 2.28. The lowest BCUT2D eigenvalue weighted by atomic mass is 10.1. The minimum Gasteiger partial charge on any atom is -0.202 e. The molecule has 0 saturated carbocycles. The monoisotopic (exact) mass is 218 g/mol. The van der Waals surface area contributed by atoms with Crippen molar-refractivity contribution in [3.8, 4) is 0 Å². The molecule has 0 bridgehead atoms. The van der Waals surface area contributed by atoms with Crippen LogP contribution in [0.2, 0.25) is 0 Å². The second kappa shape index (κ2) is 4.47. The Morgan fingerprint density at radius 2 is 1.73 bits per heavy atom. The van der Waals surface area contributed by atoms with Gasteiger partial charge < -0.3 is 0 Å². The summed E-state index contributed by atoms with van der Waals surface area (Å²) in [5.74, 6) is -2.08. The molecule has 0 aliphatic carbocycles. The lowest BCUT2D eigenvalue weighted by Crippen LogP contribution is -2.07. The molecule has 4 heteroatoms. The minimum absolute atomic E-state index is 0.210. The van der Waals surface area contributed by atoms with Gasteiger partial charge >= 0.3 is 6.18 Å². The summed E-state index contributed by atoms with van der Waals surface area (Å²) in [6.45, 7) is 1.93. The lowest BCUT2D eigenvalue weighted by Gasteiger charge is -2.03. The van der Waals surface area contributed by atoms with E-state index in [1.807, 2.05) is 6.92 Å². The Morgan fingerprint density at radius 1 is 1.20 bits per heavy atom. The molecule has 0 heterocycles. The van der Waals surface area contributed by atoms with Gasteiger partial charge in [0, 0.05) is 0 Å². The van der Waals surface area contributed by atoms with Gasteiger partial charge in [0.15, 0.2) is 0 Å². The highest BCUT2D eigenvalue weighted by atomic mass is 19.4. The normalized spacial score (nSPS) is 13.0. The zero-order chi connectivity index (χ0) is 11.5. The summed E-state index contributed by atoms with van der Waals surface area (Å²) in [6.07, 6.45) is -3.62. The van der Waals surface area contributed by atoms with Gasteiger partial charge in [-0.15, -0.1) is 0 Å². The molecule has 0 spiro atoms. The van der Waals surface area contributed by atoms with Gasteiger partial charge in [-0.3, -0.25) is 0 Å². The molecule has 0 saturated heterocycles. The van der Waals surface area contributed by atoms with Crippen molar-refractivity contribution in [3.63, 3.8) is 0 Å². The number of aryl methyl sites for hydroxylation is 1. The van der Waals surface area contributed by atoms with E-state index in [2.05, 4.69) is 0 Å². The van der Waals surface area contributed by atoms with Crippen molar-refractivity contribution in [2.24, 2.45) is 0 Å². The molecule has 82 valence electrons. The van der Waals surface area contributed by atoms with Crippen LogP contribution in [0.1, 0.15) is 18.1 Å². The van der Waals surface area contributed by atoms with Crippen molar-refractivity contribution in [3.05, 3.63) is 41.2 Å². The van der Waals surface area contributed by atoms with E-state index in [0.29, 0.717) is 6.08 Å². The first kappa shape index (κ1) is 11.8. The maximum atomic E-state index is 12.5. The second-order valence-corrected chi connectivity index (χ2v) is 3.09. The molecule has 0 radical (unpaired) electrons. The number of hydrogen-bond acceptors (Lipinski definition) is 0. The molecule has 0 amide bonds. The van der Waals surface area contributed by atoms with E-state index in [4.69, 9.17) is 0 Å². The van der Waals surface area contributed by atoms with Crippen molar-refractivity contribution in [2.45, 2.75) is 19.5 Å². The molecular weight excluding hydrogens is 208 g/mol. The molecule has 1 rings (SSSR count). The van der Waals surface area contributed by atoms with Crippen molar-refractivity contribution < 1.29 is 17.6 Å². The fraction of sp³-hybridized carbons (Fsp3) is 0.273. The highest BCUT2D eigenvalue weighted by molar-refractivity contribution is 5.52. The molecule has 0 N–H and O–H groups in total. The summed E-state index contributed by atoms with van der Waals surface area (Å²) in [4.78, 5) is 0. The smallest absolute Gasteiger partial charge is 0.202 e. The average Bonchev–Trinajstić information content (AvgIpc) is 2.17. The maximum Gasteiger partial charge on any atom is 0.442 e. The summed E-state index contributed by atoms with van der Waals surface area (Å²) < 4.78 is 48.0. The Hall–Kier alpha value is -1.32. The molecule has 0 aliphatic rings. The fourth-order valence-corrected chi connectivity index (χ4v) is 1.08. The SMILES string of the molecule is CCc1ccc(/C=C(\F)C(F)(F)F)cc1. The summed E-state index contributed by atoms with van der Waals surface area (Å²) in [5, 5.41) is 0. The molecule has 0 nitrogen and oxygen atoms in total. The van der Waals surface area contributed by atoms with Gasteiger partial charge in [-0.2, -0.15) is 13.2 Å². The van der Waals surface area contributed by atoms with Gasteiger partial charge in [-0.1, -0.05) is 31.2 Å². The number of rotatable bonds is 2. The van der Waals surface area contributed by atoms with Crippen molar-refractivity contribution >= 4 is 6.08 Å². The van der Waals surface area contributed by atoms with Crippen LogP contribution in [-0.2, 0) is 6.42 Å². The highest BCUT2D eigenvalue weighted by Gasteiger charge is 2.34. The number of hydrogen-bond donors (Lipinski definition) is 0. The topological polar surface area (TPSA) is 0 Å². The van der Waals surface area contributed by atoms with E-state index in [1.54, 1.807) is 12.1 Å². The summed E-state index contributed by atoms with van der Waals surface area (Å²) >= 11 is 0. The van der Waals surface area contributed by atoms with Crippen LogP contribution in [0.4, 0.5) is 17.6 Å². The minimum atomic E-state index is -4.90. The van der Waals surface area contributed by atoms with E-state index in [0.717, 1.165) is 12.0 Å². The lowest BCUT2D eigenvalue weighted by molar-refractivity contribution is -0.107. The Bertz CT molecular complexity index is 346. The molecule has 15 heavy (non-hydrogen) atoms. The third kappa shape index (κ3) is 3.38. The first-order valence-electron chi connectivity index (χ1n) is 4.47. The standard InChI is InChI=1S/C11H10F4/c1-2-8-3-5-9(6-4-8)7-10(12)11(13,14)15/h3-7H,2H2,1H3/b10-7-. The Labute approximate surface area is 85.2 Å².